The van der Waals surface area contributed by atoms with Crippen molar-refractivity contribution >= 4 is 28.8 Å². The van der Waals surface area contributed by atoms with Crippen LogP contribution in [0, 0.1) is 0 Å². The Bertz CT molecular complexity index is 1150. The second kappa shape index (κ2) is 7.28. The summed E-state index contributed by atoms with van der Waals surface area (Å²) in [5.74, 6) is -0.388. The first kappa shape index (κ1) is 17.3. The molecular formula is C20H16N6O2. The molecule has 4 rings (SSSR count). The molecular weight excluding hydrogens is 356 g/mol. The maximum absolute atomic E-state index is 12.4. The Kier molecular flexibility index (Phi) is 4.51. The van der Waals surface area contributed by atoms with Gasteiger partial charge in [0.2, 0.25) is 5.91 Å². The molecule has 28 heavy (non-hydrogen) atoms. The average molecular weight is 372 g/mol. The van der Waals surface area contributed by atoms with E-state index >= 15 is 0 Å². The number of carbonyl (C=O) groups excluding carboxylic acids is 2. The van der Waals surface area contributed by atoms with Crippen molar-refractivity contribution in [1.82, 2.24) is 19.8 Å². The van der Waals surface area contributed by atoms with E-state index in [0.29, 0.717) is 22.6 Å². The van der Waals surface area contributed by atoms with Gasteiger partial charge in [-0.15, -0.1) is 10.2 Å². The van der Waals surface area contributed by atoms with Crippen molar-refractivity contribution < 1.29 is 9.59 Å². The van der Waals surface area contributed by atoms with Crippen molar-refractivity contribution in [1.29, 1.82) is 0 Å². The first-order valence-electron chi connectivity index (χ1n) is 8.55. The van der Waals surface area contributed by atoms with Gasteiger partial charge in [0.05, 0.1) is 5.69 Å². The monoisotopic (exact) mass is 372 g/mol. The molecule has 0 saturated carbocycles. The summed E-state index contributed by atoms with van der Waals surface area (Å²) in [6, 6.07) is 17.8. The van der Waals surface area contributed by atoms with Crippen LogP contribution in [0.1, 0.15) is 17.3 Å². The van der Waals surface area contributed by atoms with Gasteiger partial charge in [-0.05, 0) is 48.5 Å². The Morgan fingerprint density at radius 3 is 2.25 bits per heavy atom. The zero-order valence-corrected chi connectivity index (χ0v) is 15.0. The third kappa shape index (κ3) is 3.70. The molecule has 0 atom stereocenters. The van der Waals surface area contributed by atoms with Gasteiger partial charge in [-0.25, -0.2) is 0 Å². The number of amides is 2. The second-order valence-corrected chi connectivity index (χ2v) is 6.14. The van der Waals surface area contributed by atoms with Crippen LogP contribution in [-0.2, 0) is 4.79 Å². The lowest BCUT2D eigenvalue weighted by molar-refractivity contribution is -0.114. The highest BCUT2D eigenvalue weighted by molar-refractivity contribution is 6.04. The maximum Gasteiger partial charge on any atom is 0.255 e. The van der Waals surface area contributed by atoms with Crippen LogP contribution in [0.2, 0.25) is 0 Å². The zero-order chi connectivity index (χ0) is 19.5. The molecule has 2 heterocycles. The summed E-state index contributed by atoms with van der Waals surface area (Å²) in [7, 11) is 0. The van der Waals surface area contributed by atoms with Crippen molar-refractivity contribution in [3.05, 3.63) is 72.6 Å². The fraction of sp³-hybridized carbons (Fsp3) is 0.0500. The summed E-state index contributed by atoms with van der Waals surface area (Å²) in [4.78, 5) is 23.4. The van der Waals surface area contributed by atoms with E-state index in [1.807, 2.05) is 36.4 Å². The molecule has 138 valence electrons. The van der Waals surface area contributed by atoms with Gasteiger partial charge in [0.15, 0.2) is 5.65 Å². The fourth-order valence-electron chi connectivity index (χ4n) is 2.72. The van der Waals surface area contributed by atoms with Gasteiger partial charge < -0.3 is 10.6 Å². The van der Waals surface area contributed by atoms with Crippen molar-refractivity contribution in [3.8, 4) is 11.3 Å². The molecule has 2 N–H and O–H groups in total. The number of hydrogen-bond donors (Lipinski definition) is 2. The largest absolute Gasteiger partial charge is 0.326 e. The number of nitrogens with one attached hydrogen (secondary N) is 2. The molecule has 0 aliphatic heterocycles. The SMILES string of the molecule is CC(=O)Nc1ccc(C(=O)Nc2ccc(-c3ccc4nncn4n3)cc2)cc1. The molecule has 2 aromatic carbocycles. The van der Waals surface area contributed by atoms with Crippen LogP contribution in [-0.4, -0.2) is 31.6 Å². The van der Waals surface area contributed by atoms with Gasteiger partial charge >= 0.3 is 0 Å². The molecule has 0 fully saturated rings. The van der Waals surface area contributed by atoms with E-state index in [2.05, 4.69) is 25.9 Å². The van der Waals surface area contributed by atoms with Crippen LogP contribution in [0.15, 0.2) is 67.0 Å². The third-order valence-corrected chi connectivity index (χ3v) is 4.07. The van der Waals surface area contributed by atoms with Gasteiger partial charge in [-0.1, -0.05) is 12.1 Å². The van der Waals surface area contributed by atoms with Crippen LogP contribution < -0.4 is 10.6 Å². The Morgan fingerprint density at radius 1 is 0.857 bits per heavy atom. The predicted molar refractivity (Wildman–Crippen MR) is 105 cm³/mol. The average Bonchev–Trinajstić information content (AvgIpc) is 3.16. The first-order chi connectivity index (χ1) is 13.6. The Hall–Kier alpha value is -4.07. The van der Waals surface area contributed by atoms with Gasteiger partial charge in [0, 0.05) is 29.4 Å². The molecule has 8 heteroatoms. The minimum Gasteiger partial charge on any atom is -0.326 e. The topological polar surface area (TPSA) is 101 Å². The third-order valence-electron chi connectivity index (χ3n) is 4.07. The van der Waals surface area contributed by atoms with E-state index in [1.54, 1.807) is 35.1 Å². The summed E-state index contributed by atoms with van der Waals surface area (Å²) in [6.07, 6.45) is 1.55. The Labute approximate surface area is 160 Å². The lowest BCUT2D eigenvalue weighted by Crippen LogP contribution is -2.12. The van der Waals surface area contributed by atoms with Crippen LogP contribution in [0.25, 0.3) is 16.9 Å². The Balaban J connectivity index is 1.46. The van der Waals surface area contributed by atoms with Crippen molar-refractivity contribution in [3.63, 3.8) is 0 Å². The smallest absolute Gasteiger partial charge is 0.255 e. The molecule has 0 aliphatic rings. The quantitative estimate of drug-likeness (QED) is 0.573. The number of anilines is 2. The maximum atomic E-state index is 12.4. The number of rotatable bonds is 4. The lowest BCUT2D eigenvalue weighted by Gasteiger charge is -2.08. The van der Waals surface area contributed by atoms with E-state index in [1.165, 1.54) is 6.92 Å². The molecule has 4 aromatic rings. The molecule has 0 spiro atoms. The summed E-state index contributed by atoms with van der Waals surface area (Å²) in [5.41, 5.74) is 4.18. The number of nitrogens with zero attached hydrogens (tertiary/aromatic N) is 4. The first-order valence-corrected chi connectivity index (χ1v) is 8.55. The minimum absolute atomic E-state index is 0.157. The van der Waals surface area contributed by atoms with E-state index in [-0.39, 0.29) is 11.8 Å². The zero-order valence-electron chi connectivity index (χ0n) is 15.0. The predicted octanol–water partition coefficient (Wildman–Crippen LogP) is 3.00. The Morgan fingerprint density at radius 2 is 1.54 bits per heavy atom. The van der Waals surface area contributed by atoms with E-state index in [4.69, 9.17) is 0 Å². The number of benzene rings is 2. The minimum atomic E-state index is -0.230. The highest BCUT2D eigenvalue weighted by Gasteiger charge is 2.08. The van der Waals surface area contributed by atoms with Crippen LogP contribution >= 0.6 is 0 Å². The van der Waals surface area contributed by atoms with Crippen molar-refractivity contribution in [2.45, 2.75) is 6.92 Å². The summed E-state index contributed by atoms with van der Waals surface area (Å²) >= 11 is 0. The number of fused-ring (bicyclic) bond motifs is 1. The number of aromatic nitrogens is 4. The molecule has 2 aromatic heterocycles. The highest BCUT2D eigenvalue weighted by atomic mass is 16.2. The lowest BCUT2D eigenvalue weighted by atomic mass is 10.1. The number of hydrogen-bond acceptors (Lipinski definition) is 5. The van der Waals surface area contributed by atoms with Crippen molar-refractivity contribution in [2.24, 2.45) is 0 Å². The summed E-state index contributed by atoms with van der Waals surface area (Å²) < 4.78 is 1.61. The highest BCUT2D eigenvalue weighted by Crippen LogP contribution is 2.20. The normalized spacial score (nSPS) is 10.6. The summed E-state index contributed by atoms with van der Waals surface area (Å²) in [6.45, 7) is 1.43. The van der Waals surface area contributed by atoms with Gasteiger partial charge in [0.25, 0.3) is 5.91 Å². The van der Waals surface area contributed by atoms with Gasteiger partial charge in [-0.2, -0.15) is 9.61 Å². The standard InChI is InChI=1S/C20H16N6O2/c1-13(27)22-16-8-4-15(5-9-16)20(28)23-17-6-2-14(3-7-17)18-10-11-19-24-21-12-26(19)25-18/h2-12H,1H3,(H,22,27)(H,23,28). The van der Waals surface area contributed by atoms with Crippen LogP contribution in [0.3, 0.4) is 0 Å². The fourth-order valence-corrected chi connectivity index (χ4v) is 2.72. The van der Waals surface area contributed by atoms with E-state index in [0.717, 1.165) is 11.3 Å². The number of carbonyl (C=O) groups is 2. The molecule has 0 saturated heterocycles. The summed E-state index contributed by atoms with van der Waals surface area (Å²) in [5, 5.41) is 17.7. The molecule has 8 nitrogen and oxygen atoms in total. The van der Waals surface area contributed by atoms with E-state index < -0.39 is 0 Å². The van der Waals surface area contributed by atoms with Crippen LogP contribution in [0.4, 0.5) is 11.4 Å². The van der Waals surface area contributed by atoms with E-state index in [9.17, 15) is 9.59 Å². The van der Waals surface area contributed by atoms with Crippen molar-refractivity contribution in [2.75, 3.05) is 10.6 Å². The second-order valence-electron chi connectivity index (χ2n) is 6.14. The van der Waals surface area contributed by atoms with Gasteiger partial charge in [0.1, 0.15) is 6.33 Å². The molecule has 0 unspecified atom stereocenters. The molecule has 0 bridgehead atoms. The molecule has 2 amide bonds. The molecule has 0 aliphatic carbocycles. The van der Waals surface area contributed by atoms with Crippen LogP contribution in [0.5, 0.6) is 0 Å². The molecule has 0 radical (unpaired) electrons. The van der Waals surface area contributed by atoms with Gasteiger partial charge in [-0.3, -0.25) is 9.59 Å².